The summed E-state index contributed by atoms with van der Waals surface area (Å²) >= 11 is 3.47. The van der Waals surface area contributed by atoms with Gasteiger partial charge in [-0.05, 0) is 30.5 Å². The van der Waals surface area contributed by atoms with E-state index in [1.54, 1.807) is 0 Å². The first kappa shape index (κ1) is 15.8. The maximum atomic E-state index is 13.2. The van der Waals surface area contributed by atoms with Crippen molar-refractivity contribution >= 4 is 33.2 Å². The largest absolute Gasteiger partial charge is 0.358 e. The molecule has 2 aromatic rings. The third-order valence-electron chi connectivity index (χ3n) is 5.47. The van der Waals surface area contributed by atoms with Gasteiger partial charge in [0.25, 0.3) is 0 Å². The summed E-state index contributed by atoms with van der Waals surface area (Å²) in [5, 5.41) is 3.45. The molecule has 5 rings (SSSR count). The summed E-state index contributed by atoms with van der Waals surface area (Å²) in [5.41, 5.74) is 6.01. The lowest BCUT2D eigenvalue weighted by atomic mass is 9.75. The molecule has 0 radical (unpaired) electrons. The molecular formula is C22H16BrNO2. The van der Waals surface area contributed by atoms with Gasteiger partial charge in [0.15, 0.2) is 11.6 Å². The molecule has 128 valence electrons. The number of Topliss-reactive ketones (excluding diaryl/α,β-unsaturated/α-hetero) is 2. The fourth-order valence-electron chi connectivity index (χ4n) is 4.33. The average Bonchev–Trinajstić information content (AvgIpc) is 2.94. The van der Waals surface area contributed by atoms with Crippen LogP contribution in [0.15, 0.2) is 69.8 Å². The maximum absolute atomic E-state index is 13.2. The first-order chi connectivity index (χ1) is 12.6. The van der Waals surface area contributed by atoms with Gasteiger partial charge in [0.2, 0.25) is 0 Å². The number of allylic oxidation sites excluding steroid dienone is 3. The van der Waals surface area contributed by atoms with Crippen LogP contribution in [0.2, 0.25) is 0 Å². The molecule has 3 nitrogen and oxygen atoms in total. The number of nitrogens with one attached hydrogen (secondary N) is 1. The molecule has 0 saturated heterocycles. The molecule has 2 aliphatic carbocycles. The van der Waals surface area contributed by atoms with E-state index < -0.39 is 0 Å². The monoisotopic (exact) mass is 405 g/mol. The lowest BCUT2D eigenvalue weighted by Gasteiger charge is -2.33. The van der Waals surface area contributed by atoms with Gasteiger partial charge in [-0.25, -0.2) is 0 Å². The summed E-state index contributed by atoms with van der Waals surface area (Å²) in [6, 6.07) is 15.7. The molecule has 1 atom stereocenters. The first-order valence-corrected chi connectivity index (χ1v) is 9.61. The van der Waals surface area contributed by atoms with Gasteiger partial charge in [-0.3, -0.25) is 9.59 Å². The molecule has 0 saturated carbocycles. The van der Waals surface area contributed by atoms with Gasteiger partial charge in [-0.2, -0.15) is 0 Å². The zero-order valence-corrected chi connectivity index (χ0v) is 15.6. The van der Waals surface area contributed by atoms with Crippen molar-refractivity contribution < 1.29 is 9.59 Å². The molecule has 2 aromatic carbocycles. The summed E-state index contributed by atoms with van der Waals surface area (Å²) in [4.78, 5) is 26.0. The van der Waals surface area contributed by atoms with Crippen LogP contribution in [-0.2, 0) is 4.79 Å². The molecule has 4 heteroatoms. The van der Waals surface area contributed by atoms with Crippen LogP contribution < -0.4 is 5.32 Å². The number of carbonyl (C=O) groups is 2. The van der Waals surface area contributed by atoms with E-state index in [4.69, 9.17) is 0 Å². The van der Waals surface area contributed by atoms with Crippen molar-refractivity contribution in [2.45, 2.75) is 25.2 Å². The van der Waals surface area contributed by atoms with E-state index in [1.807, 2.05) is 48.5 Å². The van der Waals surface area contributed by atoms with Crippen LogP contribution >= 0.6 is 15.9 Å². The zero-order chi connectivity index (χ0) is 17.8. The molecule has 0 amide bonds. The fourth-order valence-corrected chi connectivity index (χ4v) is 4.59. The zero-order valence-electron chi connectivity index (χ0n) is 14.0. The topological polar surface area (TPSA) is 46.2 Å². The second kappa shape index (κ2) is 5.78. The van der Waals surface area contributed by atoms with E-state index in [0.29, 0.717) is 12.0 Å². The van der Waals surface area contributed by atoms with Gasteiger partial charge in [0.1, 0.15) is 0 Å². The summed E-state index contributed by atoms with van der Waals surface area (Å²) in [7, 11) is 0. The van der Waals surface area contributed by atoms with Crippen LogP contribution in [0.4, 0.5) is 0 Å². The number of carbonyl (C=O) groups excluding carboxylic acids is 2. The molecule has 0 fully saturated rings. The lowest BCUT2D eigenvalue weighted by molar-refractivity contribution is -0.116. The number of dihydropyridines is 1. The minimum atomic E-state index is -0.290. The molecule has 1 heterocycles. The van der Waals surface area contributed by atoms with Crippen LogP contribution in [0.5, 0.6) is 0 Å². The van der Waals surface area contributed by atoms with Crippen molar-refractivity contribution in [3.05, 3.63) is 86.5 Å². The highest BCUT2D eigenvalue weighted by atomic mass is 79.9. The summed E-state index contributed by atoms with van der Waals surface area (Å²) < 4.78 is 0.981. The lowest BCUT2D eigenvalue weighted by Crippen LogP contribution is -2.31. The van der Waals surface area contributed by atoms with E-state index in [0.717, 1.165) is 51.0 Å². The van der Waals surface area contributed by atoms with Gasteiger partial charge in [0, 0.05) is 44.8 Å². The Hall–Kier alpha value is -2.46. The van der Waals surface area contributed by atoms with E-state index in [-0.39, 0.29) is 17.5 Å². The second-order valence-corrected chi connectivity index (χ2v) is 7.86. The van der Waals surface area contributed by atoms with Crippen LogP contribution in [0, 0.1) is 0 Å². The van der Waals surface area contributed by atoms with Crippen molar-refractivity contribution in [1.82, 2.24) is 5.32 Å². The third kappa shape index (κ3) is 2.18. The highest BCUT2D eigenvalue weighted by Crippen LogP contribution is 2.48. The van der Waals surface area contributed by atoms with Gasteiger partial charge in [-0.1, -0.05) is 52.3 Å². The van der Waals surface area contributed by atoms with Crippen LogP contribution in [0.3, 0.4) is 0 Å². The smallest absolute Gasteiger partial charge is 0.192 e. The Morgan fingerprint density at radius 2 is 1.62 bits per heavy atom. The van der Waals surface area contributed by atoms with Crippen LogP contribution in [0.25, 0.3) is 5.70 Å². The molecule has 26 heavy (non-hydrogen) atoms. The van der Waals surface area contributed by atoms with Crippen molar-refractivity contribution in [2.24, 2.45) is 0 Å². The van der Waals surface area contributed by atoms with E-state index >= 15 is 0 Å². The highest BCUT2D eigenvalue weighted by Gasteiger charge is 2.43. The van der Waals surface area contributed by atoms with Crippen molar-refractivity contribution in [3.8, 4) is 0 Å². The van der Waals surface area contributed by atoms with Gasteiger partial charge in [0.05, 0.1) is 5.70 Å². The fraction of sp³-hybridized carbons (Fsp3) is 0.182. The maximum Gasteiger partial charge on any atom is 0.192 e. The number of rotatable bonds is 1. The standard InChI is InChI=1S/C22H16BrNO2/c23-13-10-8-12(9-11-13)18-19-16(6-3-7-17(19)25)24-21-14-4-1-2-5-15(14)22(26)20(18)21/h1-2,4-5,8-11,18,24H,3,6-7H2. The predicted octanol–water partition coefficient (Wildman–Crippen LogP) is 4.75. The third-order valence-corrected chi connectivity index (χ3v) is 6.00. The van der Waals surface area contributed by atoms with Crippen LogP contribution in [0.1, 0.15) is 46.7 Å². The number of benzene rings is 2. The number of fused-ring (bicyclic) bond motifs is 2. The van der Waals surface area contributed by atoms with Gasteiger partial charge >= 0.3 is 0 Å². The quantitative estimate of drug-likeness (QED) is 0.744. The number of hydrogen-bond acceptors (Lipinski definition) is 3. The minimum absolute atomic E-state index is 0.0287. The molecule has 1 aliphatic heterocycles. The Kier molecular flexibility index (Phi) is 3.50. The predicted molar refractivity (Wildman–Crippen MR) is 104 cm³/mol. The summed E-state index contributed by atoms with van der Waals surface area (Å²) in [6.45, 7) is 0. The molecule has 1 unspecified atom stereocenters. The van der Waals surface area contributed by atoms with E-state index in [1.165, 1.54) is 0 Å². The van der Waals surface area contributed by atoms with Crippen molar-refractivity contribution in [1.29, 1.82) is 0 Å². The summed E-state index contributed by atoms with van der Waals surface area (Å²) in [6.07, 6.45) is 2.26. The van der Waals surface area contributed by atoms with E-state index in [9.17, 15) is 9.59 Å². The SMILES string of the molecule is O=C1CCCC2=C1C(c1ccc(Br)cc1)C1=C(N2)c2ccccc2C1=O. The molecule has 3 aliphatic rings. The molecule has 0 bridgehead atoms. The molecule has 1 N–H and O–H groups in total. The Morgan fingerprint density at radius 1 is 0.885 bits per heavy atom. The number of hydrogen-bond donors (Lipinski definition) is 1. The second-order valence-electron chi connectivity index (χ2n) is 6.94. The first-order valence-electron chi connectivity index (χ1n) is 8.82. The van der Waals surface area contributed by atoms with Crippen molar-refractivity contribution in [3.63, 3.8) is 0 Å². The molecular weight excluding hydrogens is 390 g/mol. The number of ketones is 2. The van der Waals surface area contributed by atoms with Gasteiger partial charge in [-0.15, -0.1) is 0 Å². The van der Waals surface area contributed by atoms with E-state index in [2.05, 4.69) is 21.2 Å². The minimum Gasteiger partial charge on any atom is -0.358 e. The Labute approximate surface area is 159 Å². The summed E-state index contributed by atoms with van der Waals surface area (Å²) in [5.74, 6) is -0.107. The van der Waals surface area contributed by atoms with Crippen molar-refractivity contribution in [2.75, 3.05) is 0 Å². The Morgan fingerprint density at radius 3 is 2.38 bits per heavy atom. The number of halogens is 1. The van der Waals surface area contributed by atoms with Gasteiger partial charge < -0.3 is 5.32 Å². The Bertz CT molecular complexity index is 1030. The van der Waals surface area contributed by atoms with Crippen LogP contribution in [-0.4, -0.2) is 11.6 Å². The Balaban J connectivity index is 1.75. The molecule has 0 aromatic heterocycles. The highest BCUT2D eigenvalue weighted by molar-refractivity contribution is 9.10. The average molecular weight is 406 g/mol. The normalized spacial score (nSPS) is 21.3. The molecule has 0 spiro atoms.